The van der Waals surface area contributed by atoms with Gasteiger partial charge in [-0.3, -0.25) is 19.5 Å². The second-order valence-electron chi connectivity index (χ2n) is 10.2. The summed E-state index contributed by atoms with van der Waals surface area (Å²) in [4.78, 5) is 46.1. The molecule has 3 aromatic rings. The third-order valence-corrected chi connectivity index (χ3v) is 8.87. The van der Waals surface area contributed by atoms with Gasteiger partial charge in [0.05, 0.1) is 20.8 Å². The van der Waals surface area contributed by atoms with E-state index in [-0.39, 0.29) is 58.7 Å². The smallest absolute Gasteiger partial charge is 0.239 e. The number of H-pyrrole nitrogens is 1. The van der Waals surface area contributed by atoms with Crippen LogP contribution < -0.4 is 25.3 Å². The molecular weight excluding hydrogens is 598 g/mol. The average molecular weight is 628 g/mol. The molecule has 14 heteroatoms. The van der Waals surface area contributed by atoms with Gasteiger partial charge in [-0.05, 0) is 24.0 Å². The second-order valence-corrected chi connectivity index (χ2v) is 11.5. The van der Waals surface area contributed by atoms with Crippen LogP contribution in [-0.4, -0.2) is 63.8 Å². The van der Waals surface area contributed by atoms with Crippen LogP contribution in [0.15, 0.2) is 46.6 Å². The van der Waals surface area contributed by atoms with Crippen molar-refractivity contribution in [2.75, 3.05) is 26.2 Å². The standard InChI is InChI=1S/C29H30ClN5O7S/c1-13-9-17(36)22(26(38)29(13)27(39)23-18(40-2)11-19(41-3)24(30)25(23)42-29)16(14-5-7-15(43-4)8-6-14)10-21(37)32-12-20-33-28(31)35-34-20/h5-8,11,13,16,38H,9-10,12H2,1-4H3,(H,32,37)(H3,31,33,34,35)/t13-,16?,29+/m1/s1. The number of hydrogen-bond donors (Lipinski definition) is 4. The number of ketones is 2. The summed E-state index contributed by atoms with van der Waals surface area (Å²) in [5.41, 5.74) is 4.12. The average Bonchev–Trinajstić information content (AvgIpc) is 3.56. The van der Waals surface area contributed by atoms with E-state index in [0.717, 1.165) is 4.90 Å². The third kappa shape index (κ3) is 5.16. The Kier molecular flexibility index (Phi) is 8.30. The highest BCUT2D eigenvalue weighted by atomic mass is 35.5. The van der Waals surface area contributed by atoms with Crippen molar-refractivity contribution in [3.63, 3.8) is 0 Å². The van der Waals surface area contributed by atoms with Crippen molar-refractivity contribution < 1.29 is 33.7 Å². The SMILES string of the molecule is COc1cc(OC)c2c(c1Cl)O[C@]1(C2=O)C(O)=C(C(CC(=O)NCc2nc(N)n[nH]2)c2ccc(SC)cc2)C(=O)C[C@H]1C. The fourth-order valence-electron chi connectivity index (χ4n) is 5.59. The summed E-state index contributed by atoms with van der Waals surface area (Å²) < 4.78 is 17.1. The first-order valence-corrected chi connectivity index (χ1v) is 14.9. The number of aliphatic hydroxyl groups excluding tert-OH is 1. The highest BCUT2D eigenvalue weighted by Crippen LogP contribution is 2.55. The normalized spacial score (nSPS) is 20.2. The first-order chi connectivity index (χ1) is 20.5. The number of ether oxygens (including phenoxy) is 3. The lowest BCUT2D eigenvalue weighted by Crippen LogP contribution is -2.53. The predicted octanol–water partition coefficient (Wildman–Crippen LogP) is 4.00. The molecule has 0 saturated carbocycles. The number of aliphatic hydroxyl groups is 1. The number of nitrogens with one attached hydrogen (secondary N) is 2. The highest BCUT2D eigenvalue weighted by molar-refractivity contribution is 7.98. The molecule has 12 nitrogen and oxygen atoms in total. The molecule has 1 aliphatic heterocycles. The minimum absolute atomic E-state index is 0.0121. The first-order valence-electron chi connectivity index (χ1n) is 13.3. The lowest BCUT2D eigenvalue weighted by Gasteiger charge is -2.38. The summed E-state index contributed by atoms with van der Waals surface area (Å²) in [5.74, 6) is -2.99. The maximum atomic E-state index is 14.2. The topological polar surface area (TPSA) is 179 Å². The number of carbonyl (C=O) groups is 3. The molecule has 2 aromatic carbocycles. The number of aromatic nitrogens is 3. The Labute approximate surface area is 256 Å². The number of thioether (sulfide) groups is 1. The molecule has 1 aliphatic carbocycles. The summed E-state index contributed by atoms with van der Waals surface area (Å²) in [5, 5.41) is 21.1. The van der Waals surface area contributed by atoms with Gasteiger partial charge in [0.15, 0.2) is 17.3 Å². The Bertz CT molecular complexity index is 1640. The van der Waals surface area contributed by atoms with Crippen molar-refractivity contribution in [3.8, 4) is 17.2 Å². The molecule has 0 radical (unpaired) electrons. The number of Topliss-reactive ketones (excluding diaryl/α,β-unsaturated/α-hetero) is 2. The van der Waals surface area contributed by atoms with Gasteiger partial charge in [-0.2, -0.15) is 4.98 Å². The first kappa shape index (κ1) is 30.2. The Morgan fingerprint density at radius 2 is 1.98 bits per heavy atom. The van der Waals surface area contributed by atoms with Crippen molar-refractivity contribution in [1.82, 2.24) is 20.5 Å². The van der Waals surface area contributed by atoms with Gasteiger partial charge >= 0.3 is 0 Å². The summed E-state index contributed by atoms with van der Waals surface area (Å²) in [6, 6.07) is 8.75. The molecule has 2 aliphatic rings. The van der Waals surface area contributed by atoms with E-state index in [2.05, 4.69) is 20.5 Å². The molecule has 5 rings (SSSR count). The monoisotopic (exact) mass is 627 g/mol. The van der Waals surface area contributed by atoms with E-state index in [1.807, 2.05) is 18.4 Å². The molecule has 1 spiro atoms. The number of allylic oxidation sites excluding steroid dienone is 1. The molecule has 1 amide bonds. The molecular formula is C29H30ClN5O7S. The molecule has 0 fully saturated rings. The minimum atomic E-state index is -1.97. The van der Waals surface area contributed by atoms with Gasteiger partial charge in [0.2, 0.25) is 23.2 Å². The number of aromatic amines is 1. The van der Waals surface area contributed by atoms with Crippen LogP contribution in [0.2, 0.25) is 5.02 Å². The van der Waals surface area contributed by atoms with Crippen LogP contribution >= 0.6 is 23.4 Å². The van der Waals surface area contributed by atoms with Gasteiger partial charge in [0, 0.05) is 41.2 Å². The quantitative estimate of drug-likeness (QED) is 0.252. The minimum Gasteiger partial charge on any atom is -0.507 e. The molecule has 1 aromatic heterocycles. The number of methoxy groups -OCH3 is 2. The van der Waals surface area contributed by atoms with Crippen LogP contribution in [0.4, 0.5) is 5.95 Å². The molecule has 5 N–H and O–H groups in total. The molecule has 226 valence electrons. The fourth-order valence-corrected chi connectivity index (χ4v) is 6.26. The number of hydrogen-bond acceptors (Lipinski definition) is 11. The highest BCUT2D eigenvalue weighted by Gasteiger charge is 2.61. The van der Waals surface area contributed by atoms with Gasteiger partial charge in [0.25, 0.3) is 0 Å². The second kappa shape index (κ2) is 11.8. The molecule has 2 heterocycles. The van der Waals surface area contributed by atoms with Gasteiger partial charge < -0.3 is 30.4 Å². The number of nitrogen functional groups attached to an aromatic ring is 1. The Morgan fingerprint density at radius 3 is 2.58 bits per heavy atom. The number of amides is 1. The predicted molar refractivity (Wildman–Crippen MR) is 159 cm³/mol. The fraction of sp³-hybridized carbons (Fsp3) is 0.345. The molecule has 43 heavy (non-hydrogen) atoms. The number of fused-ring (bicyclic) bond motifs is 1. The summed E-state index contributed by atoms with van der Waals surface area (Å²) in [7, 11) is 2.79. The van der Waals surface area contributed by atoms with Crippen molar-refractivity contribution in [1.29, 1.82) is 0 Å². The molecule has 3 atom stereocenters. The maximum Gasteiger partial charge on any atom is 0.239 e. The number of nitrogens with two attached hydrogens (primary N) is 1. The Hall–Kier alpha value is -4.23. The van der Waals surface area contributed by atoms with Crippen LogP contribution in [-0.2, 0) is 16.1 Å². The summed E-state index contributed by atoms with van der Waals surface area (Å²) in [6.07, 6.45) is 1.57. The lowest BCUT2D eigenvalue weighted by molar-refractivity contribution is -0.122. The third-order valence-electron chi connectivity index (χ3n) is 7.77. The number of rotatable bonds is 9. The van der Waals surface area contributed by atoms with Crippen LogP contribution in [0.25, 0.3) is 0 Å². The van der Waals surface area contributed by atoms with Crippen molar-refractivity contribution in [2.45, 2.75) is 42.7 Å². The van der Waals surface area contributed by atoms with E-state index in [4.69, 9.17) is 31.5 Å². The maximum absolute atomic E-state index is 14.2. The molecule has 1 unspecified atom stereocenters. The summed E-state index contributed by atoms with van der Waals surface area (Å²) >= 11 is 8.09. The van der Waals surface area contributed by atoms with Gasteiger partial charge in [-0.25, -0.2) is 0 Å². The van der Waals surface area contributed by atoms with E-state index in [1.165, 1.54) is 32.0 Å². The lowest BCUT2D eigenvalue weighted by atomic mass is 9.69. The Balaban J connectivity index is 1.60. The number of carbonyl (C=O) groups excluding carboxylic acids is 3. The Morgan fingerprint density at radius 1 is 1.28 bits per heavy atom. The van der Waals surface area contributed by atoms with Crippen LogP contribution in [0.5, 0.6) is 17.2 Å². The number of nitrogens with zero attached hydrogens (tertiary/aromatic N) is 2. The zero-order chi connectivity index (χ0) is 31.1. The van der Waals surface area contributed by atoms with E-state index >= 15 is 0 Å². The van der Waals surface area contributed by atoms with E-state index in [1.54, 1.807) is 19.1 Å². The number of halogens is 1. The van der Waals surface area contributed by atoms with Gasteiger partial charge in [-0.1, -0.05) is 30.7 Å². The van der Waals surface area contributed by atoms with Crippen molar-refractivity contribution in [3.05, 3.63) is 63.6 Å². The van der Waals surface area contributed by atoms with E-state index in [0.29, 0.717) is 11.4 Å². The van der Waals surface area contributed by atoms with Crippen molar-refractivity contribution >= 4 is 46.8 Å². The zero-order valence-corrected chi connectivity index (χ0v) is 25.4. The van der Waals surface area contributed by atoms with Crippen LogP contribution in [0, 0.1) is 5.92 Å². The van der Waals surface area contributed by atoms with Gasteiger partial charge in [0.1, 0.15) is 27.9 Å². The van der Waals surface area contributed by atoms with Gasteiger partial charge in [-0.15, -0.1) is 16.9 Å². The number of benzene rings is 2. The van der Waals surface area contributed by atoms with Crippen molar-refractivity contribution in [2.24, 2.45) is 5.92 Å². The zero-order valence-electron chi connectivity index (χ0n) is 23.8. The molecule has 0 saturated heterocycles. The molecule has 0 bridgehead atoms. The van der Waals surface area contributed by atoms with E-state index < -0.39 is 40.7 Å². The largest absolute Gasteiger partial charge is 0.507 e. The summed E-state index contributed by atoms with van der Waals surface area (Å²) in [6.45, 7) is 1.66. The van der Waals surface area contributed by atoms with Crippen LogP contribution in [0.3, 0.4) is 0 Å². The van der Waals surface area contributed by atoms with E-state index in [9.17, 15) is 19.5 Å². The van der Waals surface area contributed by atoms with Crippen LogP contribution in [0.1, 0.15) is 47.4 Å². The number of anilines is 1.